The highest BCUT2D eigenvalue weighted by molar-refractivity contribution is 6.02. The SMILES string of the molecule is CNC=CC(=O)c1nn(-c2cccnc2)ccc1=O. The Labute approximate surface area is 109 Å². The van der Waals surface area contributed by atoms with E-state index in [1.165, 1.54) is 29.2 Å². The van der Waals surface area contributed by atoms with Crippen molar-refractivity contribution >= 4 is 5.78 Å². The first-order chi connectivity index (χ1) is 9.22. The summed E-state index contributed by atoms with van der Waals surface area (Å²) in [7, 11) is 1.66. The van der Waals surface area contributed by atoms with Gasteiger partial charge < -0.3 is 5.32 Å². The largest absolute Gasteiger partial charge is 0.394 e. The minimum absolute atomic E-state index is 0.127. The third-order valence-corrected chi connectivity index (χ3v) is 2.35. The molecular weight excluding hydrogens is 244 g/mol. The Bertz CT molecular complexity index is 662. The molecule has 6 nitrogen and oxygen atoms in total. The molecular formula is C13H12N4O2. The molecule has 19 heavy (non-hydrogen) atoms. The average Bonchev–Trinajstić information content (AvgIpc) is 2.46. The van der Waals surface area contributed by atoms with Crippen molar-refractivity contribution in [2.75, 3.05) is 7.05 Å². The summed E-state index contributed by atoms with van der Waals surface area (Å²) in [6.45, 7) is 0. The van der Waals surface area contributed by atoms with Gasteiger partial charge in [0.2, 0.25) is 11.2 Å². The molecule has 0 spiro atoms. The van der Waals surface area contributed by atoms with E-state index in [1.54, 1.807) is 31.6 Å². The van der Waals surface area contributed by atoms with Crippen LogP contribution >= 0.6 is 0 Å². The molecule has 0 saturated heterocycles. The Balaban J connectivity index is 2.44. The lowest BCUT2D eigenvalue weighted by Gasteiger charge is -2.04. The van der Waals surface area contributed by atoms with E-state index in [0.717, 1.165) is 0 Å². The van der Waals surface area contributed by atoms with E-state index in [-0.39, 0.29) is 5.69 Å². The summed E-state index contributed by atoms with van der Waals surface area (Å²) < 4.78 is 1.44. The molecule has 2 aromatic rings. The average molecular weight is 256 g/mol. The van der Waals surface area contributed by atoms with E-state index in [9.17, 15) is 9.59 Å². The van der Waals surface area contributed by atoms with Gasteiger partial charge in [0.1, 0.15) is 0 Å². The van der Waals surface area contributed by atoms with E-state index in [0.29, 0.717) is 5.69 Å². The fourth-order valence-corrected chi connectivity index (χ4v) is 1.45. The Kier molecular flexibility index (Phi) is 3.82. The van der Waals surface area contributed by atoms with Gasteiger partial charge in [-0.3, -0.25) is 14.6 Å². The fourth-order valence-electron chi connectivity index (χ4n) is 1.45. The van der Waals surface area contributed by atoms with Gasteiger partial charge in [0.15, 0.2) is 5.69 Å². The molecule has 0 fully saturated rings. The molecule has 1 N–H and O–H groups in total. The molecule has 0 saturated carbocycles. The second kappa shape index (κ2) is 5.72. The summed E-state index contributed by atoms with van der Waals surface area (Å²) in [5.41, 5.74) is 0.137. The Morgan fingerprint density at radius 1 is 1.42 bits per heavy atom. The van der Waals surface area contributed by atoms with Crippen molar-refractivity contribution in [1.29, 1.82) is 0 Å². The number of nitrogens with one attached hydrogen (secondary N) is 1. The van der Waals surface area contributed by atoms with Crippen LogP contribution in [0.15, 0.2) is 53.9 Å². The van der Waals surface area contributed by atoms with Gasteiger partial charge in [-0.1, -0.05) is 0 Å². The monoisotopic (exact) mass is 256 g/mol. The molecule has 2 rings (SSSR count). The van der Waals surface area contributed by atoms with Crippen molar-refractivity contribution in [1.82, 2.24) is 20.1 Å². The van der Waals surface area contributed by atoms with Gasteiger partial charge in [-0.2, -0.15) is 5.10 Å². The van der Waals surface area contributed by atoms with E-state index in [4.69, 9.17) is 0 Å². The number of nitrogens with zero attached hydrogens (tertiary/aromatic N) is 3. The quantitative estimate of drug-likeness (QED) is 0.638. The summed E-state index contributed by atoms with van der Waals surface area (Å²) in [4.78, 5) is 27.4. The van der Waals surface area contributed by atoms with E-state index in [1.807, 2.05) is 0 Å². The number of hydrogen-bond acceptors (Lipinski definition) is 5. The van der Waals surface area contributed by atoms with Crippen molar-refractivity contribution in [3.8, 4) is 5.69 Å². The van der Waals surface area contributed by atoms with Gasteiger partial charge in [0.05, 0.1) is 11.9 Å². The Morgan fingerprint density at radius 3 is 2.95 bits per heavy atom. The highest BCUT2D eigenvalue weighted by atomic mass is 16.1. The number of rotatable bonds is 4. The normalized spacial score (nSPS) is 10.6. The van der Waals surface area contributed by atoms with Crippen LogP contribution in [0.25, 0.3) is 5.69 Å². The van der Waals surface area contributed by atoms with Crippen LogP contribution in [-0.4, -0.2) is 27.6 Å². The van der Waals surface area contributed by atoms with Crippen LogP contribution in [0.5, 0.6) is 0 Å². The van der Waals surface area contributed by atoms with Gasteiger partial charge in [-0.25, -0.2) is 4.68 Å². The van der Waals surface area contributed by atoms with Gasteiger partial charge in [0, 0.05) is 37.8 Å². The zero-order valence-corrected chi connectivity index (χ0v) is 10.3. The zero-order chi connectivity index (χ0) is 13.7. The molecule has 0 aliphatic carbocycles. The lowest BCUT2D eigenvalue weighted by atomic mass is 10.2. The molecule has 0 atom stereocenters. The highest BCUT2D eigenvalue weighted by Crippen LogP contribution is 2.02. The van der Waals surface area contributed by atoms with Crippen molar-refractivity contribution in [2.24, 2.45) is 0 Å². The molecule has 6 heteroatoms. The molecule has 2 heterocycles. The van der Waals surface area contributed by atoms with Gasteiger partial charge in [-0.15, -0.1) is 0 Å². The molecule has 0 bridgehead atoms. The van der Waals surface area contributed by atoms with Crippen LogP contribution in [0.3, 0.4) is 0 Å². The summed E-state index contributed by atoms with van der Waals surface area (Å²) in [6.07, 6.45) is 7.43. The van der Waals surface area contributed by atoms with Crippen molar-refractivity contribution in [2.45, 2.75) is 0 Å². The predicted octanol–water partition coefficient (Wildman–Crippen LogP) is 0.543. The Morgan fingerprint density at radius 2 is 2.26 bits per heavy atom. The molecule has 96 valence electrons. The van der Waals surface area contributed by atoms with Crippen LogP contribution in [0, 0.1) is 0 Å². The second-order valence-electron chi connectivity index (χ2n) is 3.67. The first-order valence-electron chi connectivity index (χ1n) is 5.61. The summed E-state index contributed by atoms with van der Waals surface area (Å²) in [6, 6.07) is 4.83. The standard InChI is InChI=1S/C13H12N4O2/c1-14-7-4-11(18)13-12(19)5-8-17(16-13)10-3-2-6-15-9-10/h2-9,14H,1H3. The third kappa shape index (κ3) is 2.92. The zero-order valence-electron chi connectivity index (χ0n) is 10.3. The van der Waals surface area contributed by atoms with E-state index < -0.39 is 11.2 Å². The fraction of sp³-hybridized carbons (Fsp3) is 0.0769. The van der Waals surface area contributed by atoms with Crippen LogP contribution in [0.2, 0.25) is 0 Å². The summed E-state index contributed by atoms with van der Waals surface area (Å²) in [5, 5.41) is 6.72. The lowest BCUT2D eigenvalue weighted by Crippen LogP contribution is -2.19. The maximum Gasteiger partial charge on any atom is 0.211 e. The second-order valence-corrected chi connectivity index (χ2v) is 3.67. The lowest BCUT2D eigenvalue weighted by molar-refractivity contribution is 0.103. The highest BCUT2D eigenvalue weighted by Gasteiger charge is 2.10. The number of allylic oxidation sites excluding steroid dienone is 1. The third-order valence-electron chi connectivity index (χ3n) is 2.35. The number of hydrogen-bond donors (Lipinski definition) is 1. The molecule has 2 aromatic heterocycles. The van der Waals surface area contributed by atoms with Crippen molar-refractivity contribution < 1.29 is 4.79 Å². The van der Waals surface area contributed by atoms with Gasteiger partial charge >= 0.3 is 0 Å². The van der Waals surface area contributed by atoms with Gasteiger partial charge in [-0.05, 0) is 12.1 Å². The van der Waals surface area contributed by atoms with Crippen molar-refractivity contribution in [3.63, 3.8) is 0 Å². The maximum absolute atomic E-state index is 11.8. The van der Waals surface area contributed by atoms with E-state index in [2.05, 4.69) is 15.4 Å². The van der Waals surface area contributed by atoms with Gasteiger partial charge in [0.25, 0.3) is 0 Å². The molecule has 0 aromatic carbocycles. The smallest absolute Gasteiger partial charge is 0.211 e. The minimum atomic E-state index is -0.447. The van der Waals surface area contributed by atoms with Crippen LogP contribution in [0.1, 0.15) is 10.5 Å². The molecule has 0 amide bonds. The number of ketones is 1. The number of pyridine rings is 1. The predicted molar refractivity (Wildman–Crippen MR) is 70.2 cm³/mol. The van der Waals surface area contributed by atoms with Crippen LogP contribution in [0.4, 0.5) is 0 Å². The maximum atomic E-state index is 11.8. The minimum Gasteiger partial charge on any atom is -0.394 e. The molecule has 0 radical (unpaired) electrons. The molecule has 0 unspecified atom stereocenters. The molecule has 0 aliphatic rings. The Hall–Kier alpha value is -2.76. The number of aromatic nitrogens is 3. The van der Waals surface area contributed by atoms with Crippen LogP contribution in [-0.2, 0) is 0 Å². The van der Waals surface area contributed by atoms with Crippen molar-refractivity contribution in [3.05, 3.63) is 65.0 Å². The first kappa shape index (κ1) is 12.7. The topological polar surface area (TPSA) is 76.9 Å². The number of carbonyl (C=O) groups excluding carboxylic acids is 1. The molecule has 0 aliphatic heterocycles. The first-order valence-corrected chi connectivity index (χ1v) is 5.61. The summed E-state index contributed by atoms with van der Waals surface area (Å²) in [5.74, 6) is -0.447. The van der Waals surface area contributed by atoms with E-state index >= 15 is 0 Å². The number of carbonyl (C=O) groups is 1. The summed E-state index contributed by atoms with van der Waals surface area (Å²) >= 11 is 0. The van der Waals surface area contributed by atoms with Crippen LogP contribution < -0.4 is 10.7 Å².